The van der Waals surface area contributed by atoms with Gasteiger partial charge in [-0.25, -0.2) is 0 Å². The quantitative estimate of drug-likeness (QED) is 0.681. The molecule has 0 saturated carbocycles. The van der Waals surface area contributed by atoms with Gasteiger partial charge in [-0.05, 0) is 25.3 Å². The summed E-state index contributed by atoms with van der Waals surface area (Å²) < 4.78 is 23.4. The molecule has 146 valence electrons. The summed E-state index contributed by atoms with van der Waals surface area (Å²) in [5.41, 5.74) is 1.10. The van der Waals surface area contributed by atoms with Crippen LogP contribution in [0.5, 0.6) is 0 Å². The zero-order valence-corrected chi connectivity index (χ0v) is 16.4. The Labute approximate surface area is 156 Å². The number of ether oxygens (including phenoxy) is 4. The van der Waals surface area contributed by atoms with E-state index in [4.69, 9.17) is 18.9 Å². The topological polar surface area (TPSA) is 57.2 Å². The molecule has 5 heteroatoms. The molecule has 0 spiro atoms. The lowest BCUT2D eigenvalue weighted by Crippen LogP contribution is -2.44. The average Bonchev–Trinajstić information content (AvgIpc) is 2.93. The van der Waals surface area contributed by atoms with Gasteiger partial charge in [0, 0.05) is 7.11 Å². The molecular weight excluding hydrogens is 332 g/mol. The number of hydrogen-bond donors (Lipinski definition) is 1. The monoisotopic (exact) mass is 364 g/mol. The number of methoxy groups -OCH3 is 1. The maximum Gasteiger partial charge on any atom is 0.164 e. The summed E-state index contributed by atoms with van der Waals surface area (Å²) in [7, 11) is 1.62. The number of aliphatic hydroxyl groups excluding tert-OH is 1. The smallest absolute Gasteiger partial charge is 0.164 e. The third kappa shape index (κ3) is 6.18. The number of allylic oxidation sites excluding steroid dienone is 1. The van der Waals surface area contributed by atoms with E-state index in [1.807, 2.05) is 50.3 Å². The van der Waals surface area contributed by atoms with E-state index in [0.29, 0.717) is 19.1 Å². The first kappa shape index (κ1) is 21.1. The second-order valence-corrected chi connectivity index (χ2v) is 7.46. The molecule has 1 aromatic carbocycles. The molecule has 26 heavy (non-hydrogen) atoms. The second-order valence-electron chi connectivity index (χ2n) is 7.46. The van der Waals surface area contributed by atoms with Crippen molar-refractivity contribution in [2.75, 3.05) is 13.7 Å². The van der Waals surface area contributed by atoms with Crippen molar-refractivity contribution in [2.45, 2.75) is 64.5 Å². The summed E-state index contributed by atoms with van der Waals surface area (Å²) >= 11 is 0. The molecule has 0 bridgehead atoms. The Hall–Kier alpha value is -1.24. The minimum Gasteiger partial charge on any atom is -0.386 e. The Morgan fingerprint density at radius 2 is 1.77 bits per heavy atom. The zero-order valence-electron chi connectivity index (χ0n) is 16.4. The Morgan fingerprint density at radius 3 is 2.38 bits per heavy atom. The fourth-order valence-electron chi connectivity index (χ4n) is 2.98. The molecule has 0 aromatic heterocycles. The van der Waals surface area contributed by atoms with Crippen molar-refractivity contribution >= 4 is 0 Å². The highest BCUT2D eigenvalue weighted by Crippen LogP contribution is 2.33. The molecular formula is C21H32O5. The van der Waals surface area contributed by atoms with Gasteiger partial charge in [0.25, 0.3) is 0 Å². The van der Waals surface area contributed by atoms with Crippen molar-refractivity contribution in [3.05, 3.63) is 48.0 Å². The zero-order chi connectivity index (χ0) is 19.2. The van der Waals surface area contributed by atoms with Crippen LogP contribution in [-0.4, -0.2) is 49.0 Å². The Kier molecular flexibility index (Phi) is 7.80. The van der Waals surface area contributed by atoms with Crippen LogP contribution in [-0.2, 0) is 25.6 Å². The Morgan fingerprint density at radius 1 is 1.12 bits per heavy atom. The molecule has 1 N–H and O–H groups in total. The molecule has 1 saturated heterocycles. The molecule has 0 radical (unpaired) electrons. The fraction of sp³-hybridized carbons (Fsp3) is 0.619. The second kappa shape index (κ2) is 9.62. The molecule has 1 heterocycles. The highest BCUT2D eigenvalue weighted by atomic mass is 16.8. The highest BCUT2D eigenvalue weighted by molar-refractivity contribution is 5.13. The molecule has 0 unspecified atom stereocenters. The van der Waals surface area contributed by atoms with Gasteiger partial charge < -0.3 is 24.1 Å². The Bertz CT molecular complexity index is 555. The molecule has 1 aliphatic rings. The lowest BCUT2D eigenvalue weighted by atomic mass is 10.0. The SMILES string of the molecule is CO[C@@H](COCc1ccccc1)[C@H]1OC(C)(C)O[C@@H]1[C@H](O)/C=C/C(C)C. The van der Waals surface area contributed by atoms with Gasteiger partial charge in [0.2, 0.25) is 0 Å². The minimum atomic E-state index is -0.780. The molecule has 2 rings (SSSR count). The van der Waals surface area contributed by atoms with E-state index in [2.05, 4.69) is 13.8 Å². The predicted octanol–water partition coefficient (Wildman–Crippen LogP) is 3.31. The largest absolute Gasteiger partial charge is 0.386 e. The van der Waals surface area contributed by atoms with Crippen LogP contribution in [0.25, 0.3) is 0 Å². The first-order chi connectivity index (χ1) is 12.3. The van der Waals surface area contributed by atoms with E-state index in [1.54, 1.807) is 13.2 Å². The summed E-state index contributed by atoms with van der Waals surface area (Å²) in [5.74, 6) is -0.427. The van der Waals surface area contributed by atoms with Gasteiger partial charge in [0.05, 0.1) is 13.2 Å². The molecule has 5 nitrogen and oxygen atoms in total. The van der Waals surface area contributed by atoms with E-state index in [1.165, 1.54) is 0 Å². The van der Waals surface area contributed by atoms with E-state index < -0.39 is 24.1 Å². The van der Waals surface area contributed by atoms with Crippen molar-refractivity contribution in [1.29, 1.82) is 0 Å². The van der Waals surface area contributed by atoms with Gasteiger partial charge in [-0.15, -0.1) is 0 Å². The summed E-state index contributed by atoms with van der Waals surface area (Å²) in [6, 6.07) is 9.98. The maximum atomic E-state index is 10.6. The third-order valence-corrected chi connectivity index (χ3v) is 4.26. The predicted molar refractivity (Wildman–Crippen MR) is 101 cm³/mol. The van der Waals surface area contributed by atoms with Gasteiger partial charge in [-0.1, -0.05) is 56.3 Å². The van der Waals surface area contributed by atoms with E-state index in [0.717, 1.165) is 5.56 Å². The minimum absolute atomic E-state index is 0.340. The van der Waals surface area contributed by atoms with Crippen molar-refractivity contribution in [3.63, 3.8) is 0 Å². The van der Waals surface area contributed by atoms with Gasteiger partial charge in [0.1, 0.15) is 24.4 Å². The number of rotatable bonds is 9. The van der Waals surface area contributed by atoms with Crippen LogP contribution in [0.15, 0.2) is 42.5 Å². The lowest BCUT2D eigenvalue weighted by Gasteiger charge is -2.27. The fourth-order valence-corrected chi connectivity index (χ4v) is 2.98. The number of hydrogen-bond acceptors (Lipinski definition) is 5. The molecule has 1 fully saturated rings. The normalized spacial score (nSPS) is 25.0. The Balaban J connectivity index is 2.00. The van der Waals surface area contributed by atoms with Crippen LogP contribution in [0.4, 0.5) is 0 Å². The molecule has 1 aromatic rings. The van der Waals surface area contributed by atoms with Crippen LogP contribution < -0.4 is 0 Å². The van der Waals surface area contributed by atoms with Crippen LogP contribution in [0.3, 0.4) is 0 Å². The summed E-state index contributed by atoms with van der Waals surface area (Å²) in [6.07, 6.45) is 1.70. The van der Waals surface area contributed by atoms with E-state index >= 15 is 0 Å². The standard InChI is InChI=1S/C21H32O5/c1-15(2)11-12-17(22)19-20(26-21(3,4)25-19)18(23-5)14-24-13-16-9-7-6-8-10-16/h6-12,15,17-20,22H,13-14H2,1-5H3/b12-11+/t17-,18+,19-,20-/m1/s1. The van der Waals surface area contributed by atoms with Crippen LogP contribution in [0.1, 0.15) is 33.3 Å². The van der Waals surface area contributed by atoms with Gasteiger partial charge in [-0.3, -0.25) is 0 Å². The van der Waals surface area contributed by atoms with Crippen molar-refractivity contribution in [1.82, 2.24) is 0 Å². The number of benzene rings is 1. The van der Waals surface area contributed by atoms with Crippen molar-refractivity contribution in [3.8, 4) is 0 Å². The van der Waals surface area contributed by atoms with Gasteiger partial charge >= 0.3 is 0 Å². The van der Waals surface area contributed by atoms with Gasteiger partial charge in [-0.2, -0.15) is 0 Å². The first-order valence-corrected chi connectivity index (χ1v) is 9.19. The highest BCUT2D eigenvalue weighted by Gasteiger charge is 2.48. The molecule has 0 amide bonds. The lowest BCUT2D eigenvalue weighted by molar-refractivity contribution is -0.164. The average molecular weight is 364 g/mol. The van der Waals surface area contributed by atoms with Crippen LogP contribution in [0.2, 0.25) is 0 Å². The maximum absolute atomic E-state index is 10.6. The molecule has 1 aliphatic heterocycles. The third-order valence-electron chi connectivity index (χ3n) is 4.26. The van der Waals surface area contributed by atoms with Gasteiger partial charge in [0.15, 0.2) is 5.79 Å². The summed E-state index contributed by atoms with van der Waals surface area (Å²) in [4.78, 5) is 0. The van der Waals surface area contributed by atoms with E-state index in [-0.39, 0.29) is 6.10 Å². The molecule has 4 atom stereocenters. The summed E-state index contributed by atoms with van der Waals surface area (Å²) in [6.45, 7) is 8.66. The van der Waals surface area contributed by atoms with Crippen LogP contribution in [0, 0.1) is 5.92 Å². The first-order valence-electron chi connectivity index (χ1n) is 9.19. The molecule has 0 aliphatic carbocycles. The van der Waals surface area contributed by atoms with E-state index in [9.17, 15) is 5.11 Å². The van der Waals surface area contributed by atoms with Crippen molar-refractivity contribution < 1.29 is 24.1 Å². The van der Waals surface area contributed by atoms with Crippen LogP contribution >= 0.6 is 0 Å². The summed E-state index contributed by atoms with van der Waals surface area (Å²) in [5, 5.41) is 10.6. The van der Waals surface area contributed by atoms with Crippen molar-refractivity contribution in [2.24, 2.45) is 5.92 Å². The number of aliphatic hydroxyl groups is 1.